The Kier molecular flexibility index (Phi) is 7.64. The number of ether oxygens (including phenoxy) is 2. The Morgan fingerprint density at radius 1 is 0.951 bits per heavy atom. The number of carbonyl (C=O) groups excluding carboxylic acids is 1. The molecule has 0 saturated carbocycles. The van der Waals surface area contributed by atoms with Crippen LogP contribution in [0.4, 0.5) is 17.6 Å². The van der Waals surface area contributed by atoms with Crippen LogP contribution in [0, 0.1) is 5.82 Å². The van der Waals surface area contributed by atoms with E-state index in [4.69, 9.17) is 9.47 Å². The first-order valence-electron chi connectivity index (χ1n) is 12.6. The highest BCUT2D eigenvalue weighted by Crippen LogP contribution is 2.39. The fraction of sp³-hybridized carbons (Fsp3) is 0.207. The number of fused-ring (bicyclic) bond motifs is 1. The maximum absolute atomic E-state index is 14.3. The number of nitrogens with zero attached hydrogens (tertiary/aromatic N) is 5. The molecule has 2 aliphatic heterocycles. The van der Waals surface area contributed by atoms with Gasteiger partial charge in [0, 0.05) is 18.0 Å². The molecule has 3 aromatic rings. The normalized spacial score (nSPS) is 12.3. The van der Waals surface area contributed by atoms with Gasteiger partial charge in [-0.15, -0.1) is 0 Å². The number of hydrogen-bond donors (Lipinski definition) is 0. The third-order valence-electron chi connectivity index (χ3n) is 6.24. The lowest BCUT2D eigenvalue weighted by molar-refractivity contribution is -0.143. The van der Waals surface area contributed by atoms with Crippen molar-refractivity contribution in [2.45, 2.75) is 25.6 Å². The van der Waals surface area contributed by atoms with Crippen molar-refractivity contribution in [2.75, 3.05) is 13.7 Å². The summed E-state index contributed by atoms with van der Waals surface area (Å²) in [5, 5.41) is 8.10. The van der Waals surface area contributed by atoms with Gasteiger partial charge in [0.05, 0.1) is 41.9 Å². The number of benzene rings is 2. The molecule has 0 saturated heterocycles. The summed E-state index contributed by atoms with van der Waals surface area (Å²) >= 11 is 0. The lowest BCUT2D eigenvalue weighted by atomic mass is 10.0. The van der Waals surface area contributed by atoms with Gasteiger partial charge in [0.2, 0.25) is 0 Å². The number of hydrogen-bond acceptors (Lipinski definition) is 7. The standard InChI is InChI=1S/C29H23F4N5O3/c1-3-14-41-17-8-9-18(20(15-17)29(31,32)33)22-10-11-24(37-36-22)26(28(39)40-2)38-13-12-23-25(16-38)35-27(34-23)19-6-4-5-7-21(19)30/h4-13,15-16,26H,3,14H2,1-2H3. The van der Waals surface area contributed by atoms with E-state index in [9.17, 15) is 22.4 Å². The molecule has 2 aromatic carbocycles. The van der Waals surface area contributed by atoms with Crippen LogP contribution < -0.4 is 4.74 Å². The van der Waals surface area contributed by atoms with E-state index in [0.29, 0.717) is 17.8 Å². The molecule has 12 heteroatoms. The van der Waals surface area contributed by atoms with Crippen molar-refractivity contribution >= 4 is 5.97 Å². The zero-order chi connectivity index (χ0) is 29.1. The molecule has 0 aliphatic carbocycles. The lowest BCUT2D eigenvalue weighted by Crippen LogP contribution is -2.23. The van der Waals surface area contributed by atoms with Gasteiger partial charge in [-0.2, -0.15) is 23.4 Å². The number of carbonyl (C=O) groups is 1. The number of esters is 1. The molecular formula is C29H23F4N5O3. The summed E-state index contributed by atoms with van der Waals surface area (Å²) in [6, 6.07) is 13.0. The van der Waals surface area contributed by atoms with Crippen LogP contribution in [0.2, 0.25) is 0 Å². The maximum atomic E-state index is 14.3. The van der Waals surface area contributed by atoms with Crippen LogP contribution >= 0.6 is 0 Å². The molecule has 8 nitrogen and oxygen atoms in total. The second-order valence-electron chi connectivity index (χ2n) is 9.01. The molecule has 2 aliphatic rings. The van der Waals surface area contributed by atoms with E-state index in [2.05, 4.69) is 20.2 Å². The molecule has 210 valence electrons. The van der Waals surface area contributed by atoms with Gasteiger partial charge in [-0.25, -0.2) is 19.2 Å². The van der Waals surface area contributed by atoms with Gasteiger partial charge in [-0.05, 0) is 55.0 Å². The average Bonchev–Trinajstić information content (AvgIpc) is 3.39. The first-order valence-corrected chi connectivity index (χ1v) is 12.6. The van der Waals surface area contributed by atoms with Gasteiger partial charge < -0.3 is 14.0 Å². The number of pyridine rings is 1. The Hall–Kier alpha value is -4.87. The highest BCUT2D eigenvalue weighted by atomic mass is 19.4. The van der Waals surface area contributed by atoms with Crippen LogP contribution in [0.5, 0.6) is 5.75 Å². The summed E-state index contributed by atoms with van der Waals surface area (Å²) in [4.78, 5) is 21.6. The zero-order valence-electron chi connectivity index (χ0n) is 21.9. The van der Waals surface area contributed by atoms with Crippen LogP contribution in [0.15, 0.2) is 73.1 Å². The first-order chi connectivity index (χ1) is 19.7. The molecule has 1 unspecified atom stereocenters. The minimum Gasteiger partial charge on any atom is -0.494 e. The van der Waals surface area contributed by atoms with Crippen LogP contribution in [0.1, 0.15) is 30.6 Å². The third-order valence-corrected chi connectivity index (χ3v) is 6.24. The summed E-state index contributed by atoms with van der Waals surface area (Å²) in [6.45, 7) is 2.13. The van der Waals surface area contributed by atoms with Gasteiger partial charge in [0.15, 0.2) is 11.9 Å². The van der Waals surface area contributed by atoms with E-state index in [-0.39, 0.29) is 40.7 Å². The van der Waals surface area contributed by atoms with Crippen molar-refractivity contribution in [1.29, 1.82) is 0 Å². The molecule has 0 fully saturated rings. The molecular weight excluding hydrogens is 542 g/mol. The van der Waals surface area contributed by atoms with Gasteiger partial charge in [0.1, 0.15) is 17.3 Å². The number of halogens is 4. The molecule has 0 spiro atoms. The number of alkyl halides is 3. The van der Waals surface area contributed by atoms with Gasteiger partial charge >= 0.3 is 12.1 Å². The average molecular weight is 566 g/mol. The quantitative estimate of drug-likeness (QED) is 0.163. The summed E-state index contributed by atoms with van der Waals surface area (Å²) in [5.74, 6) is -0.894. The van der Waals surface area contributed by atoms with Gasteiger partial charge in [-0.1, -0.05) is 19.1 Å². The number of aromatic nitrogens is 5. The molecule has 3 heterocycles. The second-order valence-corrected chi connectivity index (χ2v) is 9.01. The molecule has 1 atom stereocenters. The smallest absolute Gasteiger partial charge is 0.417 e. The molecule has 0 amide bonds. The molecule has 41 heavy (non-hydrogen) atoms. The predicted octanol–water partition coefficient (Wildman–Crippen LogP) is 6.22. The number of rotatable bonds is 8. The lowest BCUT2D eigenvalue weighted by Gasteiger charge is -2.19. The first kappa shape index (κ1) is 27.7. The SMILES string of the molecule is CCCOc1ccc(-c2ccc(C(C(=O)OC)n3ccc4nc(-c5ccccc5F)nc-4c3)nn2)c(C(F)(F)F)c1. The highest BCUT2D eigenvalue weighted by molar-refractivity contribution is 5.78. The zero-order valence-corrected chi connectivity index (χ0v) is 21.9. The van der Waals surface area contributed by atoms with E-state index in [1.165, 1.54) is 48.2 Å². The van der Waals surface area contributed by atoms with Crippen molar-refractivity contribution in [3.63, 3.8) is 0 Å². The monoisotopic (exact) mass is 565 g/mol. The summed E-state index contributed by atoms with van der Waals surface area (Å²) in [6.07, 6.45) is -0.937. The Labute approximate surface area is 232 Å². The predicted molar refractivity (Wildman–Crippen MR) is 140 cm³/mol. The Bertz CT molecular complexity index is 1650. The van der Waals surface area contributed by atoms with Crippen LogP contribution in [0.25, 0.3) is 34.0 Å². The van der Waals surface area contributed by atoms with Crippen molar-refractivity contribution < 1.29 is 31.8 Å². The minimum absolute atomic E-state index is 0.0383. The third kappa shape index (κ3) is 5.72. The minimum atomic E-state index is -4.66. The largest absolute Gasteiger partial charge is 0.494 e. The van der Waals surface area contributed by atoms with Gasteiger partial charge in [0.25, 0.3) is 0 Å². The van der Waals surface area contributed by atoms with Crippen LogP contribution in [-0.4, -0.2) is 44.4 Å². The van der Waals surface area contributed by atoms with Crippen LogP contribution in [0.3, 0.4) is 0 Å². The van der Waals surface area contributed by atoms with Crippen molar-refractivity contribution in [3.05, 3.63) is 90.1 Å². The van der Waals surface area contributed by atoms with E-state index in [1.807, 2.05) is 6.92 Å². The Balaban J connectivity index is 1.50. The summed E-state index contributed by atoms with van der Waals surface area (Å²) in [7, 11) is 1.20. The second kappa shape index (κ2) is 11.3. The molecule has 1 aromatic heterocycles. The topological polar surface area (TPSA) is 92.0 Å². The molecule has 5 rings (SSSR count). The molecule has 0 bridgehead atoms. The van der Waals surface area contributed by atoms with Crippen LogP contribution in [-0.2, 0) is 15.7 Å². The van der Waals surface area contributed by atoms with E-state index in [1.54, 1.807) is 30.5 Å². The van der Waals surface area contributed by atoms with Crippen molar-refractivity contribution in [1.82, 2.24) is 24.7 Å². The van der Waals surface area contributed by atoms with E-state index >= 15 is 0 Å². The number of imidazole rings is 1. The fourth-order valence-corrected chi connectivity index (χ4v) is 4.28. The molecule has 0 N–H and O–H groups in total. The highest BCUT2D eigenvalue weighted by Gasteiger charge is 2.35. The van der Waals surface area contributed by atoms with Crippen molar-refractivity contribution in [3.8, 4) is 39.8 Å². The van der Waals surface area contributed by atoms with Crippen molar-refractivity contribution in [2.24, 2.45) is 0 Å². The Morgan fingerprint density at radius 2 is 1.73 bits per heavy atom. The Morgan fingerprint density at radius 3 is 2.41 bits per heavy atom. The maximum Gasteiger partial charge on any atom is 0.417 e. The fourth-order valence-electron chi connectivity index (χ4n) is 4.28. The number of methoxy groups -OCH3 is 1. The van der Waals surface area contributed by atoms with Gasteiger partial charge in [-0.3, -0.25) is 0 Å². The summed E-state index contributed by atoms with van der Waals surface area (Å²) < 4.78 is 67.7. The molecule has 0 radical (unpaired) electrons. The van der Waals surface area contributed by atoms with E-state index in [0.717, 1.165) is 6.07 Å². The summed E-state index contributed by atoms with van der Waals surface area (Å²) in [5.41, 5.74) is 0.0538. The van der Waals surface area contributed by atoms with E-state index < -0.39 is 29.6 Å².